The maximum Gasteiger partial charge on any atom is 0.409 e. The number of aliphatic hydroxyl groups excluding tert-OH is 4. The number of rotatable bonds is 43. The van der Waals surface area contributed by atoms with Gasteiger partial charge in [-0.1, -0.05) is 263 Å². The van der Waals surface area contributed by atoms with E-state index in [1.807, 2.05) is 239 Å². The minimum absolute atomic E-state index is 0.0137. The largest absolute Gasteiger partial charge is 0.466 e. The number of carbonyl (C=O) groups excluding carboxylic acids is 6. The maximum absolute atomic E-state index is 12.6. The molecule has 19 heteroatoms. The minimum atomic E-state index is -4.36. The van der Waals surface area contributed by atoms with Gasteiger partial charge < -0.3 is 25.2 Å². The first-order valence-corrected chi connectivity index (χ1v) is 42.2. The van der Waals surface area contributed by atoms with Crippen LogP contribution in [0.5, 0.6) is 0 Å². The average molecular weight is 1620 g/mol. The van der Waals surface area contributed by atoms with Gasteiger partial charge in [0, 0.05) is 95.6 Å². The molecule has 0 unspecified atom stereocenters. The van der Waals surface area contributed by atoms with Gasteiger partial charge in [-0.3, -0.25) is 48.5 Å². The van der Waals surface area contributed by atoms with E-state index < -0.39 is 66.6 Å². The molecule has 1 fully saturated rings. The number of benzene rings is 1. The van der Waals surface area contributed by atoms with Crippen molar-refractivity contribution in [2.24, 2.45) is 71.0 Å². The number of likely N-dealkylation sites (N-methyl/N-ethyl adjacent to an activating group) is 5. The fraction of sp³-hybridized carbons (Fsp3) is 0.667. The van der Waals surface area contributed by atoms with Gasteiger partial charge in [-0.2, -0.15) is 13.2 Å². The summed E-state index contributed by atoms with van der Waals surface area (Å²) in [6.45, 7) is 52.9. The van der Waals surface area contributed by atoms with Crippen molar-refractivity contribution in [3.05, 3.63) is 151 Å². The minimum Gasteiger partial charge on any atom is -0.466 e. The molecule has 0 spiro atoms. The van der Waals surface area contributed by atoms with Crippen LogP contribution in [0.1, 0.15) is 218 Å². The average Bonchev–Trinajstić information content (AvgIpc) is 1.05. The number of esters is 1. The molecule has 1 aliphatic carbocycles. The molecule has 0 radical (unpaired) electrons. The van der Waals surface area contributed by atoms with Gasteiger partial charge in [0.25, 0.3) is 0 Å². The van der Waals surface area contributed by atoms with Crippen LogP contribution >= 0.6 is 0 Å². The Morgan fingerprint density at radius 3 is 0.965 bits per heavy atom. The van der Waals surface area contributed by atoms with Crippen LogP contribution < -0.4 is 0 Å². The Labute approximate surface area is 697 Å². The standard InChI is InChI=1S/C22H33NO2.C21H37NO2.C18H31NO4.C18H33NO.C17H28F3NO2/c1-16(2)21(24)20(23(6)17(3)4)22(25)18(5)12-10-11-15-19-13-8-7-9-14-19;1-15(2)20(23)19(22(6)16(3)4)21(24)17(5)11-7-8-12-18-13-9-10-14-18;1-12(2)17(21)16(19(6)13(3)4)18(22)14(5)10-8-9-11-15(20)23-7;1-9-10-11-12-15(6)16(7)17(18(20)13(2)3)19(8)14(4)5;1-11(2)15(22)14(21(6)12(3)4)16(23)13(5)9-7-8-10-17(18,19)20/h7-18,20,22,25H,1-6H3;7-8,11-12,15-19,21,24H,9-10,13-14H2,1-6H3;8-14,16,18,22H,1-7H3;9-17H,1-8H3;7-14,16,23H,1-6H3/b12-10+,15-11+;11-7+,12-8+;10-8+,11-9+;10-9+,12-11+;9-7+,10-8+/t18-,20-,22-;17-,19-,21-;14-,16-,18-;15-,16-,17+;13-,14-,16-/m11111/s1. The Hall–Kier alpha value is -6.13. The number of Topliss-reactive ketones (excluding diaryl/α,β-unsaturated/α-hetero) is 5. The van der Waals surface area contributed by atoms with Crippen molar-refractivity contribution in [1.82, 2.24) is 24.5 Å². The van der Waals surface area contributed by atoms with E-state index in [1.54, 1.807) is 50.9 Å². The van der Waals surface area contributed by atoms with Gasteiger partial charge in [0.15, 0.2) is 28.9 Å². The first-order chi connectivity index (χ1) is 53.2. The number of hydrogen-bond donors (Lipinski definition) is 4. The van der Waals surface area contributed by atoms with Crippen molar-refractivity contribution in [2.45, 2.75) is 304 Å². The van der Waals surface area contributed by atoms with E-state index in [9.17, 15) is 62.4 Å². The van der Waals surface area contributed by atoms with E-state index in [-0.39, 0.29) is 107 Å². The number of carbonyl (C=O) groups is 6. The summed E-state index contributed by atoms with van der Waals surface area (Å²) >= 11 is 0. The summed E-state index contributed by atoms with van der Waals surface area (Å²) < 4.78 is 40.6. The first-order valence-electron chi connectivity index (χ1n) is 42.2. The number of alkyl halides is 3. The second-order valence-corrected chi connectivity index (χ2v) is 34.4. The lowest BCUT2D eigenvalue weighted by molar-refractivity contribution is -0.135. The zero-order valence-corrected chi connectivity index (χ0v) is 77.3. The number of ether oxygens (including phenoxy) is 1. The molecule has 15 atom stereocenters. The number of halogens is 3. The zero-order chi connectivity index (χ0) is 89.7. The second-order valence-electron chi connectivity index (χ2n) is 34.4. The van der Waals surface area contributed by atoms with Gasteiger partial charge in [-0.25, -0.2) is 4.79 Å². The number of nitrogens with zero attached hydrogens (tertiary/aromatic N) is 5. The predicted octanol–water partition coefficient (Wildman–Crippen LogP) is 18.5. The predicted molar refractivity (Wildman–Crippen MR) is 475 cm³/mol. The van der Waals surface area contributed by atoms with Gasteiger partial charge in [0.2, 0.25) is 0 Å². The van der Waals surface area contributed by atoms with Crippen LogP contribution in [-0.2, 0) is 33.5 Å². The van der Waals surface area contributed by atoms with Crippen LogP contribution in [0.2, 0.25) is 0 Å². The van der Waals surface area contributed by atoms with Crippen LogP contribution in [0.15, 0.2) is 146 Å². The summed E-state index contributed by atoms with van der Waals surface area (Å²) in [5.74, 6) is 0.0990. The van der Waals surface area contributed by atoms with Gasteiger partial charge in [0.1, 0.15) is 0 Å². The highest BCUT2D eigenvalue weighted by Crippen LogP contribution is 2.29. The van der Waals surface area contributed by atoms with Crippen molar-refractivity contribution in [1.29, 1.82) is 0 Å². The topological polar surface area (TPSA) is 209 Å². The Morgan fingerprint density at radius 1 is 0.391 bits per heavy atom. The zero-order valence-electron chi connectivity index (χ0n) is 77.3. The van der Waals surface area contributed by atoms with Gasteiger partial charge >= 0.3 is 12.1 Å². The lowest BCUT2D eigenvalue weighted by atomic mass is 9.82. The van der Waals surface area contributed by atoms with Gasteiger partial charge in [-0.15, -0.1) is 0 Å². The van der Waals surface area contributed by atoms with Crippen LogP contribution in [-0.4, -0.2) is 213 Å². The Bertz CT molecular complexity index is 3190. The van der Waals surface area contributed by atoms with Gasteiger partial charge in [-0.05, 0) is 148 Å². The summed E-state index contributed by atoms with van der Waals surface area (Å²) in [7, 11) is 10.8. The number of hydrogen-bond acceptors (Lipinski definition) is 16. The van der Waals surface area contributed by atoms with Crippen molar-refractivity contribution in [3.63, 3.8) is 0 Å². The molecule has 16 nitrogen and oxygen atoms in total. The summed E-state index contributed by atoms with van der Waals surface area (Å²) in [6.07, 6.45) is 32.3. The molecule has 1 aliphatic rings. The lowest BCUT2D eigenvalue weighted by Crippen LogP contribution is -2.53. The highest BCUT2D eigenvalue weighted by atomic mass is 19.4. The van der Waals surface area contributed by atoms with Crippen LogP contribution in [0, 0.1) is 71.0 Å². The van der Waals surface area contributed by atoms with Gasteiger partial charge in [0.05, 0.1) is 61.7 Å². The Morgan fingerprint density at radius 2 is 0.670 bits per heavy atom. The molecular formula is C96H162F3N5O11. The summed E-state index contributed by atoms with van der Waals surface area (Å²) in [5.41, 5.74) is 1.13. The molecule has 0 amide bonds. The highest BCUT2D eigenvalue weighted by molar-refractivity contribution is 5.88. The number of allylic oxidation sites excluding steroid dienone is 14. The SMILES string of the molecule is C/C=C/C=C/[C@@H](C)[C@@H](C)[C@@H](C(=O)C(C)C)N(C)C(C)C.CC(C)C(=O)[C@H]([C@H](O)[C@H](C)/C=C/C=C/C(F)(F)F)N(C)C(C)C.CC(C)C(=O)[C@H]([C@H](O)[C@H](C)/C=C/C=C/C1CCCC1)N(C)C(C)C.CC(C)C(=O)[C@H]([C@H](O)[C@H](C)/C=C/C=C/c1ccccc1)N(C)C(C)C.COC(=O)/C=C/C=C/[C@@H](C)[C@@H](O)[C@@H](C(=O)C(C)C)N(C)C(C)C. The molecule has 0 aromatic heterocycles. The molecule has 115 heavy (non-hydrogen) atoms. The molecule has 0 aliphatic heterocycles. The quantitative estimate of drug-likeness (QED) is 0.0272. The smallest absolute Gasteiger partial charge is 0.409 e. The van der Waals surface area contributed by atoms with Crippen molar-refractivity contribution in [3.8, 4) is 0 Å². The van der Waals surface area contributed by atoms with E-state index in [4.69, 9.17) is 0 Å². The normalized spacial score (nSPS) is 17.7. The molecule has 4 N–H and O–H groups in total. The van der Waals surface area contributed by atoms with Crippen molar-refractivity contribution in [2.75, 3.05) is 42.3 Å². The molecule has 1 aromatic rings. The molecule has 0 saturated heterocycles. The molecular weight excluding hydrogens is 1460 g/mol. The molecule has 0 heterocycles. The molecule has 0 bridgehead atoms. The van der Waals surface area contributed by atoms with Crippen molar-refractivity contribution < 1.29 is 67.1 Å². The summed E-state index contributed by atoms with van der Waals surface area (Å²) in [6, 6.07) is 8.84. The number of methoxy groups -OCH3 is 1. The van der Waals surface area contributed by atoms with E-state index in [0.29, 0.717) is 23.7 Å². The number of aliphatic hydroxyl groups is 4. The fourth-order valence-electron chi connectivity index (χ4n) is 12.4. The van der Waals surface area contributed by atoms with Crippen LogP contribution in [0.25, 0.3) is 6.08 Å². The second kappa shape index (κ2) is 59.5. The summed E-state index contributed by atoms with van der Waals surface area (Å²) in [4.78, 5) is 83.6. The van der Waals surface area contributed by atoms with E-state index in [2.05, 4.69) is 82.5 Å². The molecule has 1 saturated carbocycles. The van der Waals surface area contributed by atoms with E-state index in [1.165, 1.54) is 51.0 Å². The third-order valence-corrected chi connectivity index (χ3v) is 21.8. The first kappa shape index (κ1) is 113. The molecule has 658 valence electrons. The van der Waals surface area contributed by atoms with Crippen LogP contribution in [0.3, 0.4) is 0 Å². The van der Waals surface area contributed by atoms with Crippen LogP contribution in [0.4, 0.5) is 13.2 Å². The Balaban J connectivity index is -0.00000137. The third-order valence-electron chi connectivity index (χ3n) is 21.8. The summed E-state index contributed by atoms with van der Waals surface area (Å²) in [5, 5.41) is 42.7. The molecule has 1 aromatic carbocycles. The van der Waals surface area contributed by atoms with Crippen molar-refractivity contribution >= 4 is 41.0 Å². The maximum atomic E-state index is 12.6. The molecule has 2 rings (SSSR count). The Kier molecular flexibility index (Phi) is 58.5. The van der Waals surface area contributed by atoms with E-state index in [0.717, 1.165) is 17.6 Å². The monoisotopic (exact) mass is 1620 g/mol. The van der Waals surface area contributed by atoms with E-state index >= 15 is 0 Å². The third kappa shape index (κ3) is 44.5. The number of ketones is 5. The highest BCUT2D eigenvalue weighted by Gasteiger charge is 2.40. The lowest BCUT2D eigenvalue weighted by Gasteiger charge is -2.37. The fourth-order valence-corrected chi connectivity index (χ4v) is 12.4.